The van der Waals surface area contributed by atoms with Gasteiger partial charge in [-0.2, -0.15) is 0 Å². The number of benzene rings is 4. The molecule has 0 aliphatic carbocycles. The van der Waals surface area contributed by atoms with Crippen LogP contribution in [0.25, 0.3) is 11.1 Å². The molecule has 0 radical (unpaired) electrons. The zero-order valence-corrected chi connectivity index (χ0v) is 27.5. The lowest BCUT2D eigenvalue weighted by Gasteiger charge is -2.27. The lowest BCUT2D eigenvalue weighted by molar-refractivity contribution is 0.181. The molecule has 0 saturated heterocycles. The lowest BCUT2D eigenvalue weighted by atomic mass is 10.1. The summed E-state index contributed by atoms with van der Waals surface area (Å²) in [4.78, 5) is 0. The Kier molecular flexibility index (Phi) is 9.60. The summed E-state index contributed by atoms with van der Waals surface area (Å²) in [5.74, 6) is 2.47. The van der Waals surface area contributed by atoms with Crippen LogP contribution in [0.5, 0.6) is 23.0 Å². The van der Waals surface area contributed by atoms with Crippen molar-refractivity contribution in [2.45, 2.75) is 66.1 Å². The molecule has 4 aromatic rings. The predicted molar refractivity (Wildman–Crippen MR) is 172 cm³/mol. The average molecular weight is 607 g/mol. The fraction of sp³-hybridized carbons (Fsp3) is 0.294. The number of rotatable bonds is 11. The van der Waals surface area contributed by atoms with Gasteiger partial charge in [0.25, 0.3) is 16.1 Å². The Morgan fingerprint density at radius 2 is 0.762 bits per heavy atom. The second kappa shape index (κ2) is 12.8. The van der Waals surface area contributed by atoms with Crippen LogP contribution in [0.4, 0.5) is 0 Å². The van der Waals surface area contributed by atoms with Crippen LogP contribution in [0.2, 0.25) is 0 Å². The molecule has 0 spiro atoms. The van der Waals surface area contributed by atoms with E-state index in [-0.39, 0.29) is 0 Å². The highest BCUT2D eigenvalue weighted by Crippen LogP contribution is 2.45. The van der Waals surface area contributed by atoms with E-state index < -0.39 is 26.7 Å². The molecule has 0 saturated carbocycles. The molecule has 0 aliphatic heterocycles. The van der Waals surface area contributed by atoms with Crippen molar-refractivity contribution in [1.29, 1.82) is 0 Å². The van der Waals surface area contributed by atoms with Crippen LogP contribution in [0.1, 0.15) is 49.9 Å². The third kappa shape index (κ3) is 7.48. The van der Waals surface area contributed by atoms with E-state index in [1.807, 2.05) is 88.4 Å². The molecule has 0 fully saturated rings. The Balaban J connectivity index is 1.38. The fourth-order valence-electron chi connectivity index (χ4n) is 4.40. The van der Waals surface area contributed by atoms with Gasteiger partial charge in [-0.1, -0.05) is 60.7 Å². The zero-order chi connectivity index (χ0) is 30.7. The van der Waals surface area contributed by atoms with Gasteiger partial charge in [-0.15, -0.1) is 0 Å². The Bertz CT molecular complexity index is 1430. The Hall–Kier alpha value is -3.46. The highest BCUT2D eigenvalue weighted by Gasteiger charge is 2.32. The maximum absolute atomic E-state index is 13.1. The standard InChI is InChI=1S/C34H40O6P2/c1-23-11-9-12-24(2)31(23)37-33(5,6)41(35)39-29-19-15-27(16-20-29)28-17-21-30(22-18-28)40-42(36)34(7,8)38-32-25(3)13-10-14-26(32)4/h9-22,41-42H,1-8H3. The predicted octanol–water partition coefficient (Wildman–Crippen LogP) is 9.92. The third-order valence-electron chi connectivity index (χ3n) is 6.98. The first kappa shape index (κ1) is 31.5. The third-order valence-corrected chi connectivity index (χ3v) is 9.99. The van der Waals surface area contributed by atoms with Gasteiger partial charge in [0.05, 0.1) is 0 Å². The number of aryl methyl sites for hydroxylation is 4. The van der Waals surface area contributed by atoms with Gasteiger partial charge < -0.3 is 18.5 Å². The molecule has 0 bridgehead atoms. The fourth-order valence-corrected chi connectivity index (χ4v) is 5.97. The monoisotopic (exact) mass is 606 g/mol. The molecule has 0 aromatic heterocycles. The quantitative estimate of drug-likeness (QED) is 0.158. The van der Waals surface area contributed by atoms with Crippen molar-refractivity contribution in [2.24, 2.45) is 0 Å². The van der Waals surface area contributed by atoms with E-state index in [9.17, 15) is 9.13 Å². The van der Waals surface area contributed by atoms with Gasteiger partial charge in [-0.25, -0.2) is 0 Å². The summed E-state index contributed by atoms with van der Waals surface area (Å²) < 4.78 is 50.3. The molecule has 0 N–H and O–H groups in total. The molecule has 4 aromatic carbocycles. The van der Waals surface area contributed by atoms with E-state index in [0.717, 1.165) is 44.9 Å². The minimum absolute atomic E-state index is 0.505. The van der Waals surface area contributed by atoms with Gasteiger partial charge in [0.2, 0.25) is 0 Å². The molecule has 2 unspecified atom stereocenters. The van der Waals surface area contributed by atoms with Crippen molar-refractivity contribution in [3.05, 3.63) is 107 Å². The lowest BCUT2D eigenvalue weighted by Crippen LogP contribution is -2.25. The molecule has 0 amide bonds. The van der Waals surface area contributed by atoms with E-state index in [4.69, 9.17) is 18.5 Å². The SMILES string of the molecule is Cc1cccc(C)c1OC(C)(C)[PH](=O)Oc1ccc(-c2ccc(O[PH](=O)C(C)(C)Oc3c(C)cccc3C)cc2)cc1. The maximum Gasteiger partial charge on any atom is 0.278 e. The minimum atomic E-state index is -2.60. The first-order valence-electron chi connectivity index (χ1n) is 13.9. The molecule has 0 aliphatic rings. The largest absolute Gasteiger partial charge is 0.476 e. The summed E-state index contributed by atoms with van der Waals surface area (Å²) in [6.45, 7) is 15.0. The first-order valence-corrected chi connectivity index (χ1v) is 16.6. The number of hydrogen-bond donors (Lipinski definition) is 0. The van der Waals surface area contributed by atoms with E-state index in [1.165, 1.54) is 0 Å². The summed E-state index contributed by atoms with van der Waals surface area (Å²) in [7, 11) is -5.21. The van der Waals surface area contributed by atoms with Gasteiger partial charge in [0, 0.05) is 0 Å². The molecule has 4 rings (SSSR count). The smallest absolute Gasteiger partial charge is 0.278 e. The van der Waals surface area contributed by atoms with Crippen molar-refractivity contribution in [2.75, 3.05) is 0 Å². The van der Waals surface area contributed by atoms with E-state index in [1.54, 1.807) is 52.0 Å². The molecule has 6 nitrogen and oxygen atoms in total. The molecule has 2 atom stereocenters. The second-order valence-corrected chi connectivity index (χ2v) is 15.5. The van der Waals surface area contributed by atoms with E-state index >= 15 is 0 Å². The second-order valence-electron chi connectivity index (χ2n) is 11.5. The Morgan fingerprint density at radius 3 is 1.05 bits per heavy atom. The van der Waals surface area contributed by atoms with Crippen molar-refractivity contribution in [1.82, 2.24) is 0 Å². The van der Waals surface area contributed by atoms with Gasteiger partial charge >= 0.3 is 0 Å². The Labute approximate surface area is 250 Å². The van der Waals surface area contributed by atoms with Gasteiger partial charge in [-0.3, -0.25) is 9.13 Å². The van der Waals surface area contributed by atoms with Gasteiger partial charge in [0.1, 0.15) is 23.0 Å². The molecular formula is C34H40O6P2. The summed E-state index contributed by atoms with van der Waals surface area (Å²) in [6.07, 6.45) is 0. The maximum atomic E-state index is 13.1. The molecular weight excluding hydrogens is 566 g/mol. The van der Waals surface area contributed by atoms with E-state index in [2.05, 4.69) is 0 Å². The van der Waals surface area contributed by atoms with Crippen LogP contribution >= 0.6 is 16.1 Å². The number of ether oxygens (including phenoxy) is 2. The highest BCUT2D eigenvalue weighted by atomic mass is 31.1. The molecule has 222 valence electrons. The van der Waals surface area contributed by atoms with Crippen molar-refractivity contribution in [3.8, 4) is 34.1 Å². The number of para-hydroxylation sites is 2. The van der Waals surface area contributed by atoms with Crippen LogP contribution < -0.4 is 18.5 Å². The molecule has 42 heavy (non-hydrogen) atoms. The minimum Gasteiger partial charge on any atom is -0.476 e. The summed E-state index contributed by atoms with van der Waals surface area (Å²) in [5, 5.41) is -1.98. The Morgan fingerprint density at radius 1 is 0.476 bits per heavy atom. The molecule has 8 heteroatoms. The van der Waals surface area contributed by atoms with Crippen molar-refractivity contribution < 1.29 is 27.7 Å². The van der Waals surface area contributed by atoms with Crippen molar-refractivity contribution in [3.63, 3.8) is 0 Å². The highest BCUT2D eigenvalue weighted by molar-refractivity contribution is 7.41. The van der Waals surface area contributed by atoms with Crippen LogP contribution in [-0.2, 0) is 9.13 Å². The van der Waals surface area contributed by atoms with E-state index in [0.29, 0.717) is 11.5 Å². The van der Waals surface area contributed by atoms with Gasteiger partial charge in [0.15, 0.2) is 10.7 Å². The number of hydrogen-bond acceptors (Lipinski definition) is 6. The van der Waals surface area contributed by atoms with Crippen LogP contribution in [0, 0.1) is 27.7 Å². The van der Waals surface area contributed by atoms with Gasteiger partial charge in [-0.05, 0) is 113 Å². The molecule has 0 heterocycles. The van der Waals surface area contributed by atoms with Crippen LogP contribution in [0.3, 0.4) is 0 Å². The summed E-state index contributed by atoms with van der Waals surface area (Å²) >= 11 is 0. The summed E-state index contributed by atoms with van der Waals surface area (Å²) in [6, 6.07) is 26.6. The topological polar surface area (TPSA) is 71.1 Å². The van der Waals surface area contributed by atoms with Crippen molar-refractivity contribution >= 4 is 16.1 Å². The van der Waals surface area contributed by atoms with Crippen LogP contribution in [0.15, 0.2) is 84.9 Å². The average Bonchev–Trinajstić information content (AvgIpc) is 2.94. The first-order chi connectivity index (χ1) is 19.8. The van der Waals surface area contributed by atoms with Crippen LogP contribution in [-0.4, -0.2) is 10.7 Å². The normalized spacial score (nSPS) is 13.2. The summed E-state index contributed by atoms with van der Waals surface area (Å²) in [5.41, 5.74) is 5.85. The zero-order valence-electron chi connectivity index (χ0n) is 25.5.